The molecule has 2 N–H and O–H groups in total. The number of halogens is 2. The summed E-state index contributed by atoms with van der Waals surface area (Å²) < 4.78 is 11.1. The van der Waals surface area contributed by atoms with E-state index < -0.39 is 0 Å². The lowest BCUT2D eigenvalue weighted by Crippen LogP contribution is -2.38. The average molecular weight is 918 g/mol. The van der Waals surface area contributed by atoms with Gasteiger partial charge in [0, 0.05) is 44.8 Å². The Kier molecular flexibility index (Phi) is 11.2. The molecule has 2 saturated heterocycles. The van der Waals surface area contributed by atoms with Gasteiger partial charge in [-0.3, -0.25) is 9.59 Å². The van der Waals surface area contributed by atoms with E-state index in [2.05, 4.69) is 89.8 Å². The average Bonchev–Trinajstić information content (AvgIpc) is 4.13. The number of hydrogen-bond acceptors (Lipinski definition) is 8. The molecule has 2 aliphatic heterocycles. The third-order valence-corrected chi connectivity index (χ3v) is 14.0. The second kappa shape index (κ2) is 17.1. The number of ether oxygens (including phenoxy) is 2. The van der Waals surface area contributed by atoms with Gasteiger partial charge in [0.25, 0.3) is 11.8 Å². The predicted octanol–water partition coefficient (Wildman–Crippen LogP) is 11.0. The minimum atomic E-state index is -0.302. The number of aromatic amines is 2. The second-order valence-electron chi connectivity index (χ2n) is 17.5. The number of nitrogens with one attached hydrogen (secondary N) is 2. The molecule has 12 nitrogen and oxygen atoms in total. The Morgan fingerprint density at radius 1 is 0.636 bits per heavy atom. The Balaban J connectivity index is 0.868. The maximum Gasteiger partial charge on any atom is 0.274 e. The first-order valence-corrected chi connectivity index (χ1v) is 22.7. The van der Waals surface area contributed by atoms with Crippen LogP contribution in [0.15, 0.2) is 97.3 Å². The molecule has 0 bridgehead atoms. The highest BCUT2D eigenvalue weighted by atomic mass is 35.5. The van der Waals surface area contributed by atoms with Crippen molar-refractivity contribution in [3.05, 3.63) is 142 Å². The van der Waals surface area contributed by atoms with Crippen molar-refractivity contribution in [1.29, 1.82) is 0 Å². The molecule has 332 valence electrons. The van der Waals surface area contributed by atoms with E-state index in [4.69, 9.17) is 42.6 Å². The molecule has 0 spiro atoms. The normalized spacial score (nSPS) is 20.5. The lowest BCUT2D eigenvalue weighted by molar-refractivity contribution is 0.0650. The van der Waals surface area contributed by atoms with Crippen LogP contribution in [0.1, 0.15) is 96.5 Å². The van der Waals surface area contributed by atoms with Crippen LogP contribution >= 0.6 is 23.2 Å². The summed E-state index contributed by atoms with van der Waals surface area (Å²) in [6.45, 7) is 8.44. The maximum atomic E-state index is 14.4. The van der Waals surface area contributed by atoms with Crippen molar-refractivity contribution in [3.63, 3.8) is 0 Å². The first-order valence-electron chi connectivity index (χ1n) is 22.0. The molecule has 2 aliphatic rings. The van der Waals surface area contributed by atoms with E-state index in [0.29, 0.717) is 39.5 Å². The molecule has 0 unspecified atom stereocenters. The van der Waals surface area contributed by atoms with E-state index in [-0.39, 0.29) is 63.8 Å². The number of nitrogens with zero attached hydrogens (tertiary/aromatic N) is 6. The zero-order valence-electron chi connectivity index (χ0n) is 37.2. The van der Waals surface area contributed by atoms with E-state index in [1.165, 1.54) is 0 Å². The molecule has 66 heavy (non-hydrogen) atoms. The largest absolute Gasteiger partial charge is 0.496 e. The van der Waals surface area contributed by atoms with Gasteiger partial charge in [-0.15, -0.1) is 0 Å². The first-order chi connectivity index (χ1) is 31.9. The SMILES string of the molecule is COc1cccc2c(C(=O)N3[C@H](C)[C@H](C)C[C@H]3c3ncc(C#Cc4ccc5cc(-c6cnc([C@@H]7C[C@@H](C)[C@@H](C)N7C(=O)c7nc(Cl)cc8c(OC)cccc78)[nH]6)ccc5c4)[nH]3)nc(Cl)cc12. The number of amides is 2. The number of carbonyl (C=O) groups excluding carboxylic acids is 2. The molecular formula is C52H46Cl2N8O4. The van der Waals surface area contributed by atoms with Crippen LogP contribution in [0, 0.1) is 23.7 Å². The zero-order valence-corrected chi connectivity index (χ0v) is 38.7. The van der Waals surface area contributed by atoms with Gasteiger partial charge < -0.3 is 29.2 Å². The quantitative estimate of drug-likeness (QED) is 0.119. The number of likely N-dealkylation sites (tertiary alicyclic amines) is 2. The second-order valence-corrected chi connectivity index (χ2v) is 18.2. The maximum absolute atomic E-state index is 14.4. The zero-order chi connectivity index (χ0) is 46.0. The van der Waals surface area contributed by atoms with Gasteiger partial charge in [0.2, 0.25) is 0 Å². The van der Waals surface area contributed by atoms with Gasteiger partial charge in [-0.25, -0.2) is 19.9 Å². The number of rotatable bonds is 7. The van der Waals surface area contributed by atoms with Crippen LogP contribution in [0.25, 0.3) is 43.6 Å². The Labute approximate surface area is 391 Å². The van der Waals surface area contributed by atoms with Gasteiger partial charge in [0.1, 0.15) is 50.5 Å². The number of fused-ring (bicyclic) bond motifs is 3. The number of aromatic nitrogens is 6. The van der Waals surface area contributed by atoms with E-state index in [9.17, 15) is 9.59 Å². The van der Waals surface area contributed by atoms with Crippen molar-refractivity contribution in [2.24, 2.45) is 11.8 Å². The summed E-state index contributed by atoms with van der Waals surface area (Å²) in [6, 6.07) is 26.3. The molecule has 10 rings (SSSR count). The number of benzene rings is 4. The Morgan fingerprint density at radius 3 is 1.74 bits per heavy atom. The van der Waals surface area contributed by atoms with Gasteiger partial charge in [0.05, 0.1) is 44.4 Å². The van der Waals surface area contributed by atoms with Gasteiger partial charge in [-0.1, -0.05) is 85.4 Å². The molecule has 2 amide bonds. The predicted molar refractivity (Wildman–Crippen MR) is 257 cm³/mol. The molecule has 4 aromatic carbocycles. The summed E-state index contributed by atoms with van der Waals surface area (Å²) in [5.41, 5.74) is 3.89. The molecule has 14 heteroatoms. The first kappa shape index (κ1) is 43.0. The van der Waals surface area contributed by atoms with Gasteiger partial charge in [-0.2, -0.15) is 0 Å². The number of H-pyrrole nitrogens is 2. The molecule has 6 atom stereocenters. The standard InChI is InChI=1S/C52H46Cl2N8O4/c1-27-19-41(61(29(27)3)51(63)47-36-9-7-11-43(65-5)38(36)23-45(53)59-47)49-55-25-35(57-49)18-14-31-13-15-33-22-34(17-16-32(33)21-31)40-26-56-50(58-40)42-20-28(2)30(4)62(42)52(64)48-37-10-8-12-44(66-6)39(37)24-46(54)60-48/h7-13,15-17,21-30,41-42H,19-20H2,1-6H3,(H,55,57)(H,56,58)/t27-,28-,29-,30-,41+,42+/m1/s1. The fraction of sp³-hybridized carbons (Fsp3) is 0.269. The van der Waals surface area contributed by atoms with Crippen molar-refractivity contribution in [3.8, 4) is 34.6 Å². The van der Waals surface area contributed by atoms with Gasteiger partial charge in [-0.05, 0) is 97.7 Å². The highest BCUT2D eigenvalue weighted by molar-refractivity contribution is 6.31. The van der Waals surface area contributed by atoms with Crippen molar-refractivity contribution in [1.82, 2.24) is 39.7 Å². The lowest BCUT2D eigenvalue weighted by atomic mass is 10.0. The van der Waals surface area contributed by atoms with Crippen LogP contribution < -0.4 is 9.47 Å². The minimum absolute atomic E-state index is 0.0582. The minimum Gasteiger partial charge on any atom is -0.496 e. The molecule has 0 radical (unpaired) electrons. The molecule has 2 fully saturated rings. The molecule has 0 saturated carbocycles. The van der Waals surface area contributed by atoms with Crippen molar-refractivity contribution >= 4 is 67.3 Å². The topological polar surface area (TPSA) is 142 Å². The van der Waals surface area contributed by atoms with E-state index in [1.807, 2.05) is 58.5 Å². The summed E-state index contributed by atoms with van der Waals surface area (Å²) in [4.78, 5) is 58.1. The molecule has 6 heterocycles. The van der Waals surface area contributed by atoms with Crippen LogP contribution in [0.4, 0.5) is 0 Å². The molecule has 0 aliphatic carbocycles. The van der Waals surface area contributed by atoms with Gasteiger partial charge in [0.15, 0.2) is 0 Å². The van der Waals surface area contributed by atoms with Crippen LogP contribution in [0.5, 0.6) is 11.5 Å². The molecule has 8 aromatic rings. The Morgan fingerprint density at radius 2 is 1.17 bits per heavy atom. The number of methoxy groups -OCH3 is 2. The number of pyridine rings is 2. The van der Waals surface area contributed by atoms with Crippen molar-refractivity contribution in [2.75, 3.05) is 14.2 Å². The lowest BCUT2D eigenvalue weighted by Gasteiger charge is -2.28. The number of imidazole rings is 2. The van der Waals surface area contributed by atoms with Crippen molar-refractivity contribution in [2.45, 2.75) is 64.7 Å². The van der Waals surface area contributed by atoms with Gasteiger partial charge >= 0.3 is 0 Å². The third-order valence-electron chi connectivity index (χ3n) is 13.6. The van der Waals surface area contributed by atoms with Crippen molar-refractivity contribution < 1.29 is 19.1 Å². The highest BCUT2D eigenvalue weighted by Crippen LogP contribution is 2.43. The summed E-state index contributed by atoms with van der Waals surface area (Å²) in [7, 11) is 3.19. The smallest absolute Gasteiger partial charge is 0.274 e. The third kappa shape index (κ3) is 7.56. The summed E-state index contributed by atoms with van der Waals surface area (Å²) in [5.74, 6) is 9.22. The van der Waals surface area contributed by atoms with Crippen LogP contribution in [-0.4, -0.2) is 77.8 Å². The summed E-state index contributed by atoms with van der Waals surface area (Å²) >= 11 is 12.9. The van der Waals surface area contributed by atoms with Crippen LogP contribution in [0.2, 0.25) is 10.3 Å². The number of hydrogen-bond donors (Lipinski definition) is 2. The van der Waals surface area contributed by atoms with E-state index in [0.717, 1.165) is 57.0 Å². The van der Waals surface area contributed by atoms with E-state index in [1.54, 1.807) is 32.5 Å². The van der Waals surface area contributed by atoms with E-state index >= 15 is 0 Å². The van der Waals surface area contributed by atoms with Crippen LogP contribution in [-0.2, 0) is 0 Å². The molecular weight excluding hydrogens is 872 g/mol. The van der Waals surface area contributed by atoms with Crippen LogP contribution in [0.3, 0.4) is 0 Å². The Hall–Kier alpha value is -6.94. The highest BCUT2D eigenvalue weighted by Gasteiger charge is 2.44. The number of carbonyl (C=O) groups is 2. The Bertz CT molecular complexity index is 3300. The molecule has 4 aromatic heterocycles. The fourth-order valence-electron chi connectivity index (χ4n) is 9.80. The monoisotopic (exact) mass is 916 g/mol. The summed E-state index contributed by atoms with van der Waals surface area (Å²) in [5, 5.41) is 5.35. The fourth-order valence-corrected chi connectivity index (χ4v) is 10.2. The summed E-state index contributed by atoms with van der Waals surface area (Å²) in [6.07, 6.45) is 5.03.